The van der Waals surface area contributed by atoms with E-state index in [1.54, 1.807) is 6.07 Å². The number of nitrogens with zero attached hydrogens (tertiary/aromatic N) is 1. The van der Waals surface area contributed by atoms with E-state index in [1.165, 1.54) is 11.6 Å². The van der Waals surface area contributed by atoms with Crippen molar-refractivity contribution < 1.29 is 9.50 Å². The maximum Gasteiger partial charge on any atom is 0.146 e. The minimum Gasteiger partial charge on any atom is -0.395 e. The highest BCUT2D eigenvalue weighted by molar-refractivity contribution is 5.64. The van der Waals surface area contributed by atoms with Crippen molar-refractivity contribution in [2.75, 3.05) is 6.61 Å². The van der Waals surface area contributed by atoms with Crippen LogP contribution in [0, 0.1) is 11.7 Å². The lowest BCUT2D eigenvalue weighted by atomic mass is 9.95. The first kappa shape index (κ1) is 18.6. The normalized spacial score (nSPS) is 12.8. The number of halogens is 1. The Bertz CT molecular complexity index is 670. The number of benzene rings is 1. The van der Waals surface area contributed by atoms with Gasteiger partial charge in [0.1, 0.15) is 5.82 Å². The molecule has 0 spiro atoms. The first-order valence-corrected chi connectivity index (χ1v) is 8.53. The zero-order valence-corrected chi connectivity index (χ0v) is 14.9. The molecule has 1 aromatic carbocycles. The van der Waals surface area contributed by atoms with Crippen molar-refractivity contribution in [2.45, 2.75) is 46.2 Å². The third-order valence-corrected chi connectivity index (χ3v) is 4.31. The van der Waals surface area contributed by atoms with Gasteiger partial charge in [0.15, 0.2) is 0 Å². The highest BCUT2D eigenvalue weighted by Gasteiger charge is 2.15. The monoisotopic (exact) mass is 330 g/mol. The molecule has 0 saturated carbocycles. The standard InChI is InChI=1S/C20H27FN2O/c1-13(2)15-7-5-6-8-16(15)18-10-9-17(21)19(23-18)11-22-20(12-24)14(3)4/h5-10,13-14,20,22,24H,11-12H2,1-4H3/t20-/m0/s1. The van der Waals surface area contributed by atoms with Crippen LogP contribution in [0.25, 0.3) is 11.3 Å². The number of pyridine rings is 1. The molecule has 0 aliphatic heterocycles. The summed E-state index contributed by atoms with van der Waals surface area (Å²) >= 11 is 0. The van der Waals surface area contributed by atoms with E-state index in [0.29, 0.717) is 18.2 Å². The second kappa shape index (κ2) is 8.36. The van der Waals surface area contributed by atoms with Crippen LogP contribution < -0.4 is 5.32 Å². The number of hydrogen-bond acceptors (Lipinski definition) is 3. The lowest BCUT2D eigenvalue weighted by Crippen LogP contribution is -2.37. The summed E-state index contributed by atoms with van der Waals surface area (Å²) in [5.74, 6) is 0.311. The molecule has 0 amide bonds. The Hall–Kier alpha value is -1.78. The lowest BCUT2D eigenvalue weighted by molar-refractivity contribution is 0.209. The summed E-state index contributed by atoms with van der Waals surface area (Å²) in [6, 6.07) is 11.2. The molecule has 0 aliphatic carbocycles. The predicted octanol–water partition coefficient (Wildman–Crippen LogP) is 4.12. The number of nitrogens with one attached hydrogen (secondary N) is 1. The van der Waals surface area contributed by atoms with Crippen molar-refractivity contribution in [3.63, 3.8) is 0 Å². The van der Waals surface area contributed by atoms with E-state index in [-0.39, 0.29) is 24.4 Å². The molecule has 1 aromatic heterocycles. The maximum absolute atomic E-state index is 14.1. The van der Waals surface area contributed by atoms with Crippen LogP contribution in [0.3, 0.4) is 0 Å². The molecule has 24 heavy (non-hydrogen) atoms. The Kier molecular flexibility index (Phi) is 6.46. The van der Waals surface area contributed by atoms with Crippen LogP contribution in [0.1, 0.15) is 44.9 Å². The average molecular weight is 330 g/mol. The second-order valence-electron chi connectivity index (χ2n) is 6.78. The van der Waals surface area contributed by atoms with Gasteiger partial charge in [0, 0.05) is 18.2 Å². The van der Waals surface area contributed by atoms with E-state index in [9.17, 15) is 9.50 Å². The van der Waals surface area contributed by atoms with Crippen LogP contribution in [-0.4, -0.2) is 22.7 Å². The zero-order valence-electron chi connectivity index (χ0n) is 14.9. The fourth-order valence-electron chi connectivity index (χ4n) is 2.73. The summed E-state index contributed by atoms with van der Waals surface area (Å²) in [6.07, 6.45) is 0. The van der Waals surface area contributed by atoms with Gasteiger partial charge in [-0.25, -0.2) is 9.37 Å². The highest BCUT2D eigenvalue weighted by Crippen LogP contribution is 2.28. The first-order chi connectivity index (χ1) is 11.4. The summed E-state index contributed by atoms with van der Waals surface area (Å²) in [4.78, 5) is 4.53. The molecule has 2 rings (SSSR count). The smallest absolute Gasteiger partial charge is 0.146 e. The van der Waals surface area contributed by atoms with Crippen molar-refractivity contribution >= 4 is 0 Å². The van der Waals surface area contributed by atoms with Gasteiger partial charge in [-0.1, -0.05) is 52.0 Å². The summed E-state index contributed by atoms with van der Waals surface area (Å²) < 4.78 is 14.1. The summed E-state index contributed by atoms with van der Waals surface area (Å²) in [7, 11) is 0. The molecule has 0 fully saturated rings. The van der Waals surface area contributed by atoms with Crippen molar-refractivity contribution in [1.82, 2.24) is 10.3 Å². The van der Waals surface area contributed by atoms with Gasteiger partial charge < -0.3 is 10.4 Å². The van der Waals surface area contributed by atoms with Crippen LogP contribution in [0.5, 0.6) is 0 Å². The van der Waals surface area contributed by atoms with Gasteiger partial charge in [0.05, 0.1) is 18.0 Å². The lowest BCUT2D eigenvalue weighted by Gasteiger charge is -2.20. The Morgan fingerprint density at radius 2 is 1.79 bits per heavy atom. The summed E-state index contributed by atoms with van der Waals surface area (Å²) in [5.41, 5.74) is 3.40. The van der Waals surface area contributed by atoms with Gasteiger partial charge in [-0.2, -0.15) is 0 Å². The van der Waals surface area contributed by atoms with E-state index in [0.717, 1.165) is 11.3 Å². The molecule has 1 heterocycles. The fourth-order valence-corrected chi connectivity index (χ4v) is 2.73. The van der Waals surface area contributed by atoms with Gasteiger partial charge in [0.25, 0.3) is 0 Å². The van der Waals surface area contributed by atoms with E-state index in [2.05, 4.69) is 30.2 Å². The van der Waals surface area contributed by atoms with Crippen LogP contribution in [0.4, 0.5) is 4.39 Å². The number of aromatic nitrogens is 1. The number of aliphatic hydroxyl groups excluding tert-OH is 1. The maximum atomic E-state index is 14.1. The van der Waals surface area contributed by atoms with E-state index in [4.69, 9.17) is 0 Å². The fraction of sp³-hybridized carbons (Fsp3) is 0.450. The molecule has 0 bridgehead atoms. The molecule has 2 aromatic rings. The summed E-state index contributed by atoms with van der Waals surface area (Å²) in [6.45, 7) is 8.64. The van der Waals surface area contributed by atoms with E-state index < -0.39 is 0 Å². The number of aliphatic hydroxyl groups is 1. The van der Waals surface area contributed by atoms with Crippen molar-refractivity contribution in [3.8, 4) is 11.3 Å². The topological polar surface area (TPSA) is 45.1 Å². The molecule has 1 atom stereocenters. The molecule has 4 heteroatoms. The Balaban J connectivity index is 2.29. The third-order valence-electron chi connectivity index (χ3n) is 4.31. The zero-order chi connectivity index (χ0) is 17.7. The van der Waals surface area contributed by atoms with Crippen molar-refractivity contribution in [2.24, 2.45) is 5.92 Å². The number of hydrogen-bond donors (Lipinski definition) is 2. The minimum absolute atomic E-state index is 0.0230. The van der Waals surface area contributed by atoms with Crippen LogP contribution in [-0.2, 0) is 6.54 Å². The van der Waals surface area contributed by atoms with Crippen LogP contribution in [0.2, 0.25) is 0 Å². The average Bonchev–Trinajstić information content (AvgIpc) is 2.56. The molecular weight excluding hydrogens is 303 g/mol. The van der Waals surface area contributed by atoms with E-state index in [1.807, 2.05) is 32.0 Å². The van der Waals surface area contributed by atoms with Crippen LogP contribution in [0.15, 0.2) is 36.4 Å². The highest BCUT2D eigenvalue weighted by atomic mass is 19.1. The van der Waals surface area contributed by atoms with Crippen molar-refractivity contribution in [1.29, 1.82) is 0 Å². The van der Waals surface area contributed by atoms with Crippen molar-refractivity contribution in [3.05, 3.63) is 53.5 Å². The summed E-state index contributed by atoms with van der Waals surface area (Å²) in [5, 5.41) is 12.6. The molecule has 0 radical (unpaired) electrons. The quantitative estimate of drug-likeness (QED) is 0.803. The van der Waals surface area contributed by atoms with Gasteiger partial charge in [-0.05, 0) is 29.5 Å². The first-order valence-electron chi connectivity index (χ1n) is 8.53. The van der Waals surface area contributed by atoms with Crippen LogP contribution >= 0.6 is 0 Å². The molecular formula is C20H27FN2O. The molecule has 2 N–H and O–H groups in total. The molecule has 0 aliphatic rings. The molecule has 0 saturated heterocycles. The Morgan fingerprint density at radius 3 is 2.42 bits per heavy atom. The Labute approximate surface area is 144 Å². The molecule has 3 nitrogen and oxygen atoms in total. The predicted molar refractivity (Wildman–Crippen MR) is 96.3 cm³/mol. The van der Waals surface area contributed by atoms with Gasteiger partial charge in [-0.3, -0.25) is 0 Å². The van der Waals surface area contributed by atoms with Gasteiger partial charge in [0.2, 0.25) is 0 Å². The molecule has 130 valence electrons. The van der Waals surface area contributed by atoms with E-state index >= 15 is 0 Å². The third kappa shape index (κ3) is 4.40. The SMILES string of the molecule is CC(C)c1ccccc1-c1ccc(F)c(CN[C@@H](CO)C(C)C)n1. The minimum atomic E-state index is -0.325. The number of rotatable bonds is 7. The second-order valence-corrected chi connectivity index (χ2v) is 6.78. The Morgan fingerprint density at radius 1 is 1.08 bits per heavy atom. The van der Waals surface area contributed by atoms with Gasteiger partial charge >= 0.3 is 0 Å². The van der Waals surface area contributed by atoms with Gasteiger partial charge in [-0.15, -0.1) is 0 Å². The molecule has 0 unspecified atom stereocenters. The largest absolute Gasteiger partial charge is 0.395 e.